The third-order valence-corrected chi connectivity index (χ3v) is 8.29. The summed E-state index contributed by atoms with van der Waals surface area (Å²) in [4.78, 5) is 47.3. The summed E-state index contributed by atoms with van der Waals surface area (Å²) in [5.74, 6) is -4.03. The Morgan fingerprint density at radius 1 is 0.961 bits per heavy atom. The Morgan fingerprint density at radius 3 is 2.51 bits per heavy atom. The number of nitrogens with one attached hydrogen (secondary N) is 1. The summed E-state index contributed by atoms with van der Waals surface area (Å²) in [7, 11) is 1.85. The summed E-state index contributed by atoms with van der Waals surface area (Å²) in [6.07, 6.45) is 6.87. The summed E-state index contributed by atoms with van der Waals surface area (Å²) in [6.45, 7) is 0.270. The Morgan fingerprint density at radius 2 is 1.76 bits per heavy atom. The van der Waals surface area contributed by atoms with E-state index in [1.165, 1.54) is 29.2 Å². The quantitative estimate of drug-likeness (QED) is 0.130. The molecule has 3 aromatic carbocycles. The average molecular weight is 692 g/mol. The van der Waals surface area contributed by atoms with Crippen molar-refractivity contribution in [3.63, 3.8) is 0 Å². The molecule has 1 aliphatic heterocycles. The molecule has 12 nitrogen and oxygen atoms in total. The van der Waals surface area contributed by atoms with Crippen LogP contribution in [0.3, 0.4) is 0 Å². The fourth-order valence-corrected chi connectivity index (χ4v) is 5.71. The number of imide groups is 1. The van der Waals surface area contributed by atoms with E-state index in [4.69, 9.17) is 9.47 Å². The number of carbonyl (C=O) groups excluding carboxylic acids is 3. The van der Waals surface area contributed by atoms with Crippen LogP contribution in [0.5, 0.6) is 11.5 Å². The van der Waals surface area contributed by atoms with E-state index in [1.54, 1.807) is 39.9 Å². The highest BCUT2D eigenvalue weighted by atomic mass is 19.1. The van der Waals surface area contributed by atoms with Gasteiger partial charge in [-0.1, -0.05) is 30.3 Å². The van der Waals surface area contributed by atoms with E-state index < -0.39 is 35.4 Å². The molecule has 0 bridgehead atoms. The van der Waals surface area contributed by atoms with Gasteiger partial charge in [-0.05, 0) is 54.1 Å². The number of nitrogens with zero attached hydrogens (tertiary/aromatic N) is 6. The van der Waals surface area contributed by atoms with E-state index in [0.717, 1.165) is 28.7 Å². The summed E-state index contributed by atoms with van der Waals surface area (Å²) in [5.41, 5.74) is 3.09. The van der Waals surface area contributed by atoms with Gasteiger partial charge in [0.2, 0.25) is 11.8 Å². The van der Waals surface area contributed by atoms with Gasteiger partial charge >= 0.3 is 6.03 Å². The van der Waals surface area contributed by atoms with E-state index in [0.29, 0.717) is 29.1 Å². The van der Waals surface area contributed by atoms with Gasteiger partial charge in [-0.25, -0.2) is 28.0 Å². The van der Waals surface area contributed by atoms with Crippen molar-refractivity contribution in [3.05, 3.63) is 127 Å². The maximum Gasteiger partial charge on any atom is 0.331 e. The number of carbonyl (C=O) groups is 3. The molecule has 4 amide bonds. The number of aryl methyl sites for hydroxylation is 1. The molecule has 51 heavy (non-hydrogen) atoms. The van der Waals surface area contributed by atoms with E-state index >= 15 is 4.39 Å². The Kier molecular flexibility index (Phi) is 9.22. The smallest absolute Gasteiger partial charge is 0.331 e. The first-order valence-electron chi connectivity index (χ1n) is 16.0. The first-order valence-corrected chi connectivity index (χ1v) is 16.0. The van der Waals surface area contributed by atoms with Crippen molar-refractivity contribution in [1.82, 2.24) is 24.1 Å². The van der Waals surface area contributed by atoms with E-state index in [1.807, 2.05) is 43.6 Å². The summed E-state index contributed by atoms with van der Waals surface area (Å²) in [5, 5.41) is 6.89. The molecular weight excluding hydrogens is 660 g/mol. The molecule has 1 unspecified atom stereocenters. The topological polar surface area (TPSA) is 123 Å². The van der Waals surface area contributed by atoms with Gasteiger partial charge < -0.3 is 24.3 Å². The second-order valence-corrected chi connectivity index (χ2v) is 11.9. The number of aromatic nitrogens is 4. The predicted molar refractivity (Wildman–Crippen MR) is 183 cm³/mol. The number of amides is 4. The van der Waals surface area contributed by atoms with Crippen LogP contribution < -0.4 is 15.0 Å². The lowest BCUT2D eigenvalue weighted by atomic mass is 10.0. The van der Waals surface area contributed by atoms with Crippen molar-refractivity contribution < 1.29 is 32.6 Å². The van der Waals surface area contributed by atoms with Crippen molar-refractivity contribution in [2.45, 2.75) is 6.61 Å². The van der Waals surface area contributed by atoms with Crippen LogP contribution >= 0.6 is 0 Å². The molecule has 1 N–H and O–H groups in total. The highest BCUT2D eigenvalue weighted by Gasteiger charge is 2.43. The number of hydrogen-bond acceptors (Lipinski definition) is 7. The zero-order chi connectivity index (χ0) is 35.5. The lowest BCUT2D eigenvalue weighted by Crippen LogP contribution is -2.60. The molecule has 0 aliphatic carbocycles. The zero-order valence-corrected chi connectivity index (χ0v) is 27.3. The van der Waals surface area contributed by atoms with Crippen molar-refractivity contribution in [2.24, 2.45) is 13.0 Å². The van der Waals surface area contributed by atoms with Gasteiger partial charge in [0.05, 0.1) is 37.1 Å². The minimum atomic E-state index is -1.36. The molecule has 4 heterocycles. The Bertz CT molecular complexity index is 2220. The number of halogens is 2. The predicted octanol–water partition coefficient (Wildman–Crippen LogP) is 6.05. The number of urea groups is 1. The molecule has 0 saturated carbocycles. The third kappa shape index (κ3) is 7.16. The van der Waals surface area contributed by atoms with Crippen LogP contribution in [0.15, 0.2) is 110 Å². The van der Waals surface area contributed by atoms with E-state index in [9.17, 15) is 18.8 Å². The van der Waals surface area contributed by atoms with Crippen LogP contribution in [0.1, 0.15) is 5.56 Å². The van der Waals surface area contributed by atoms with Gasteiger partial charge in [0.25, 0.3) is 0 Å². The molecule has 1 aliphatic rings. The molecule has 0 spiro atoms. The van der Waals surface area contributed by atoms with Crippen LogP contribution in [0, 0.1) is 17.6 Å². The number of benzene rings is 3. The number of ether oxygens (including phenoxy) is 2. The van der Waals surface area contributed by atoms with Crippen molar-refractivity contribution in [1.29, 1.82) is 0 Å². The lowest BCUT2D eigenvalue weighted by molar-refractivity contribution is -0.132. The molecule has 1 fully saturated rings. The molecule has 0 radical (unpaired) electrons. The molecule has 3 aromatic heterocycles. The molecule has 6 aromatic rings. The molecule has 7 rings (SSSR count). The van der Waals surface area contributed by atoms with Crippen molar-refractivity contribution >= 4 is 34.7 Å². The number of imidazole rings is 1. The minimum absolute atomic E-state index is 0.0670. The number of rotatable bonds is 11. The van der Waals surface area contributed by atoms with Gasteiger partial charge in [-0.2, -0.15) is 5.10 Å². The second kappa shape index (κ2) is 14.2. The van der Waals surface area contributed by atoms with E-state index in [-0.39, 0.29) is 36.8 Å². The van der Waals surface area contributed by atoms with Crippen LogP contribution in [-0.2, 0) is 28.0 Å². The SMILES string of the molecule is Cn1cnc(-c2cc(Oc3ccc(NC(=O)C4CN(CCOCc5ccccc5)C(=O)N(c5ccc(F)cc5)C4=O)cc3F)c3ccnn3c2)c1. The Balaban J connectivity index is 1.08. The normalized spacial score (nSPS) is 14.7. The van der Waals surface area contributed by atoms with Crippen LogP contribution in [0.25, 0.3) is 16.8 Å². The molecule has 14 heteroatoms. The van der Waals surface area contributed by atoms with Crippen molar-refractivity contribution in [2.75, 3.05) is 29.9 Å². The highest BCUT2D eigenvalue weighted by Crippen LogP contribution is 2.33. The fraction of sp³-hybridized carbons (Fsp3) is 0.162. The molecular formula is C37H31F2N7O5. The van der Waals surface area contributed by atoms with Gasteiger partial charge in [0.15, 0.2) is 17.3 Å². The number of fused-ring (bicyclic) bond motifs is 1. The number of pyridine rings is 1. The molecule has 1 atom stereocenters. The third-order valence-electron chi connectivity index (χ3n) is 8.29. The summed E-state index contributed by atoms with van der Waals surface area (Å²) >= 11 is 0. The first kappa shape index (κ1) is 33.1. The average Bonchev–Trinajstić information content (AvgIpc) is 3.79. The van der Waals surface area contributed by atoms with Gasteiger partial charge in [0.1, 0.15) is 17.3 Å². The second-order valence-electron chi connectivity index (χ2n) is 11.9. The summed E-state index contributed by atoms with van der Waals surface area (Å²) in [6, 6.07) is 20.9. The Hall–Kier alpha value is -6.41. The largest absolute Gasteiger partial charge is 0.452 e. The molecule has 258 valence electrons. The summed E-state index contributed by atoms with van der Waals surface area (Å²) < 4.78 is 44.4. The number of hydrogen-bond donors (Lipinski definition) is 1. The van der Waals surface area contributed by atoms with Gasteiger partial charge in [-0.15, -0.1) is 0 Å². The standard InChI is InChI=1S/C37H31F2N7O5/c1-43-21-31(40-23-43)25-17-34(32-13-14-41-45(32)19-25)51-33-12-9-27(18-30(33)39)42-35(47)29-20-44(15-16-50-22-24-5-3-2-4-6-24)37(49)46(36(29)48)28-10-7-26(38)8-11-28/h2-14,17-19,21,23,29H,15-16,20,22H2,1H3,(H,42,47). The maximum absolute atomic E-state index is 15.5. The minimum Gasteiger partial charge on any atom is -0.452 e. The zero-order valence-electron chi connectivity index (χ0n) is 27.3. The number of anilines is 2. The maximum atomic E-state index is 15.5. The van der Waals surface area contributed by atoms with E-state index in [2.05, 4.69) is 15.4 Å². The van der Waals surface area contributed by atoms with Gasteiger partial charge in [-0.3, -0.25) is 9.59 Å². The van der Waals surface area contributed by atoms with Gasteiger partial charge in [0, 0.05) is 49.8 Å². The lowest BCUT2D eigenvalue weighted by Gasteiger charge is -2.37. The van der Waals surface area contributed by atoms with Crippen LogP contribution in [0.4, 0.5) is 25.0 Å². The van der Waals surface area contributed by atoms with Crippen LogP contribution in [0.2, 0.25) is 0 Å². The van der Waals surface area contributed by atoms with Crippen molar-refractivity contribution in [3.8, 4) is 22.8 Å². The Labute approximate surface area is 290 Å². The first-order chi connectivity index (χ1) is 24.7. The fourth-order valence-electron chi connectivity index (χ4n) is 5.71. The molecule has 1 saturated heterocycles. The highest BCUT2D eigenvalue weighted by molar-refractivity contribution is 6.23. The van der Waals surface area contributed by atoms with Crippen LogP contribution in [-0.4, -0.2) is 61.6 Å². The monoisotopic (exact) mass is 691 g/mol.